The molecular weight excluding hydrogens is 508 g/mol. The van der Waals surface area contributed by atoms with E-state index < -0.39 is 35.6 Å². The van der Waals surface area contributed by atoms with Crippen LogP contribution in [0.2, 0.25) is 0 Å². The van der Waals surface area contributed by atoms with Gasteiger partial charge in [0.05, 0.1) is 30.6 Å². The first-order valence-electron chi connectivity index (χ1n) is 14.5. The highest BCUT2D eigenvalue weighted by Gasteiger charge is 2.75. The van der Waals surface area contributed by atoms with Crippen molar-refractivity contribution in [1.82, 2.24) is 10.2 Å². The molecule has 3 saturated heterocycles. The second-order valence-electron chi connectivity index (χ2n) is 11.0. The van der Waals surface area contributed by atoms with Crippen LogP contribution in [0.1, 0.15) is 45.6 Å². The lowest BCUT2D eigenvalue weighted by Gasteiger charge is -2.36. The third-order valence-corrected chi connectivity index (χ3v) is 8.94. The summed E-state index contributed by atoms with van der Waals surface area (Å²) in [6.45, 7) is 7.90. The Balaban J connectivity index is 1.41. The van der Waals surface area contributed by atoms with Gasteiger partial charge in [-0.2, -0.15) is 0 Å². The number of hydrogen-bond acceptors (Lipinski definition) is 6. The number of aliphatic hydroxyl groups excluding tert-OH is 1. The fraction of sp³-hybridized carbons (Fsp3) is 0.516. The number of hydrogen-bond donors (Lipinski definition) is 3. The maximum absolute atomic E-state index is 14.0. The largest absolute Gasteiger partial charge is 0.394 e. The summed E-state index contributed by atoms with van der Waals surface area (Å²) in [6.07, 6.45) is 1.15. The van der Waals surface area contributed by atoms with Gasteiger partial charge in [0.15, 0.2) is 0 Å². The normalized spacial score (nSPS) is 27.4. The first-order valence-corrected chi connectivity index (χ1v) is 14.5. The number of carbonyl (C=O) groups excluding carboxylic acids is 3. The van der Waals surface area contributed by atoms with Gasteiger partial charge in [-0.15, -0.1) is 0 Å². The Morgan fingerprint density at radius 1 is 1.07 bits per heavy atom. The summed E-state index contributed by atoms with van der Waals surface area (Å²) in [6, 6.07) is 15.8. The van der Waals surface area contributed by atoms with E-state index in [1.165, 1.54) is 4.90 Å². The van der Waals surface area contributed by atoms with Crippen molar-refractivity contribution in [3.05, 3.63) is 60.2 Å². The lowest BCUT2D eigenvalue weighted by Crippen LogP contribution is -2.56. The smallest absolute Gasteiger partial charge is 0.250 e. The lowest BCUT2D eigenvalue weighted by molar-refractivity contribution is -0.144. The van der Waals surface area contributed by atoms with Gasteiger partial charge in [0.2, 0.25) is 17.7 Å². The van der Waals surface area contributed by atoms with E-state index in [-0.39, 0.29) is 24.3 Å². The van der Waals surface area contributed by atoms with Crippen molar-refractivity contribution in [1.29, 1.82) is 0 Å². The van der Waals surface area contributed by atoms with Gasteiger partial charge in [0.1, 0.15) is 11.6 Å². The first-order chi connectivity index (χ1) is 19.4. The molecule has 3 N–H and O–H groups in total. The van der Waals surface area contributed by atoms with Crippen LogP contribution < -0.4 is 15.5 Å². The number of nitrogens with one attached hydrogen (secondary N) is 2. The number of fused-ring (bicyclic) bond motifs is 1. The van der Waals surface area contributed by atoms with E-state index in [0.717, 1.165) is 24.3 Å². The third-order valence-electron chi connectivity index (χ3n) is 8.94. The zero-order chi connectivity index (χ0) is 28.4. The van der Waals surface area contributed by atoms with Crippen LogP contribution in [-0.2, 0) is 25.7 Å². The lowest BCUT2D eigenvalue weighted by atomic mass is 9.70. The van der Waals surface area contributed by atoms with E-state index in [4.69, 9.17) is 4.74 Å². The molecule has 214 valence electrons. The number of likely N-dealkylation sites (tertiary alicyclic amines) is 1. The molecule has 9 nitrogen and oxygen atoms in total. The highest BCUT2D eigenvalue weighted by Crippen LogP contribution is 2.59. The molecular formula is C31H40N4O5. The SMILES string of the molecule is CC[C@@H](CO)N1C(=O)[C@@H]2[C@@H](C(=O)NCc3ccccc3)[C@H]3CCC2(O3)C1C(=O)Nc1ccc(N(CC)CC)cc1. The number of amides is 3. The van der Waals surface area contributed by atoms with Crippen molar-refractivity contribution >= 4 is 29.1 Å². The third kappa shape index (κ3) is 4.75. The summed E-state index contributed by atoms with van der Waals surface area (Å²) >= 11 is 0. The molecule has 2 aromatic carbocycles. The van der Waals surface area contributed by atoms with E-state index in [1.54, 1.807) is 0 Å². The van der Waals surface area contributed by atoms with Gasteiger partial charge >= 0.3 is 0 Å². The minimum atomic E-state index is -1.11. The molecule has 2 bridgehead atoms. The van der Waals surface area contributed by atoms with E-state index in [2.05, 4.69) is 29.4 Å². The average Bonchev–Trinajstić information content (AvgIpc) is 3.62. The molecule has 6 atom stereocenters. The topological polar surface area (TPSA) is 111 Å². The van der Waals surface area contributed by atoms with Gasteiger partial charge in [-0.05, 0) is 62.9 Å². The Morgan fingerprint density at radius 3 is 2.40 bits per heavy atom. The molecule has 0 saturated carbocycles. The van der Waals surface area contributed by atoms with Crippen LogP contribution in [0.15, 0.2) is 54.6 Å². The number of nitrogens with zero attached hydrogens (tertiary/aromatic N) is 2. The summed E-state index contributed by atoms with van der Waals surface area (Å²) in [5.41, 5.74) is 1.54. The number of benzene rings is 2. The first kappa shape index (κ1) is 28.1. The molecule has 2 aromatic rings. The Labute approximate surface area is 235 Å². The van der Waals surface area contributed by atoms with Crippen LogP contribution in [0, 0.1) is 11.8 Å². The van der Waals surface area contributed by atoms with Crippen molar-refractivity contribution in [2.24, 2.45) is 11.8 Å². The van der Waals surface area contributed by atoms with Crippen LogP contribution in [0.5, 0.6) is 0 Å². The summed E-state index contributed by atoms with van der Waals surface area (Å²) in [7, 11) is 0. The molecule has 1 spiro atoms. The monoisotopic (exact) mass is 548 g/mol. The number of ether oxygens (including phenoxy) is 1. The fourth-order valence-corrected chi connectivity index (χ4v) is 6.96. The van der Waals surface area contributed by atoms with Gasteiger partial charge in [-0.25, -0.2) is 0 Å². The summed E-state index contributed by atoms with van der Waals surface area (Å²) in [4.78, 5) is 45.2. The fourth-order valence-electron chi connectivity index (χ4n) is 6.96. The molecule has 2 unspecified atom stereocenters. The Kier molecular flexibility index (Phi) is 8.14. The Morgan fingerprint density at radius 2 is 1.77 bits per heavy atom. The molecule has 0 aromatic heterocycles. The molecule has 3 heterocycles. The minimum absolute atomic E-state index is 0.237. The van der Waals surface area contributed by atoms with Gasteiger partial charge in [0.25, 0.3) is 0 Å². The molecule has 9 heteroatoms. The standard InChI is InChI=1S/C31H40N4O5/c1-4-22(19-36)35-27(29(38)33-21-12-14-23(15-13-21)34(5-2)6-3)31-17-16-24(40-31)25(26(31)30(35)39)28(37)32-18-20-10-8-7-9-11-20/h7-15,22,24-27,36H,4-6,16-19H2,1-3H3,(H,32,37)(H,33,38)/t22-,24+,25-,26-,27?,31?/m0/s1. The summed E-state index contributed by atoms with van der Waals surface area (Å²) in [5.74, 6) is -2.35. The van der Waals surface area contributed by atoms with Crippen molar-refractivity contribution in [2.45, 2.75) is 70.4 Å². The van der Waals surface area contributed by atoms with Crippen LogP contribution in [-0.4, -0.2) is 71.2 Å². The molecule has 3 fully saturated rings. The molecule has 3 aliphatic rings. The molecule has 40 heavy (non-hydrogen) atoms. The maximum Gasteiger partial charge on any atom is 0.250 e. The predicted octanol–water partition coefficient (Wildman–Crippen LogP) is 2.93. The van der Waals surface area contributed by atoms with Gasteiger partial charge < -0.3 is 30.3 Å². The zero-order valence-corrected chi connectivity index (χ0v) is 23.5. The highest BCUT2D eigenvalue weighted by molar-refractivity contribution is 6.03. The van der Waals surface area contributed by atoms with E-state index >= 15 is 0 Å². The molecule has 0 aliphatic carbocycles. The minimum Gasteiger partial charge on any atom is -0.394 e. The maximum atomic E-state index is 14.0. The average molecular weight is 549 g/mol. The van der Waals surface area contributed by atoms with Crippen molar-refractivity contribution in [3.8, 4) is 0 Å². The summed E-state index contributed by atoms with van der Waals surface area (Å²) < 4.78 is 6.49. The van der Waals surface area contributed by atoms with Crippen LogP contribution in [0.4, 0.5) is 11.4 Å². The van der Waals surface area contributed by atoms with Crippen LogP contribution in [0.25, 0.3) is 0 Å². The Hall–Kier alpha value is -3.43. The number of aliphatic hydroxyl groups is 1. The number of carbonyl (C=O) groups is 3. The summed E-state index contributed by atoms with van der Waals surface area (Å²) in [5, 5.41) is 16.2. The zero-order valence-electron chi connectivity index (χ0n) is 23.5. The Bertz CT molecular complexity index is 1210. The second-order valence-corrected chi connectivity index (χ2v) is 11.0. The van der Waals surface area contributed by atoms with Crippen molar-refractivity contribution in [3.63, 3.8) is 0 Å². The van der Waals surface area contributed by atoms with Crippen molar-refractivity contribution in [2.75, 3.05) is 29.9 Å². The highest BCUT2D eigenvalue weighted by atomic mass is 16.5. The van der Waals surface area contributed by atoms with Gasteiger partial charge in [-0.1, -0.05) is 37.3 Å². The van der Waals surface area contributed by atoms with Crippen LogP contribution >= 0.6 is 0 Å². The number of anilines is 2. The predicted molar refractivity (Wildman–Crippen MR) is 153 cm³/mol. The second kappa shape index (κ2) is 11.6. The number of rotatable bonds is 11. The quantitative estimate of drug-likeness (QED) is 0.398. The van der Waals surface area contributed by atoms with E-state index in [0.29, 0.717) is 31.5 Å². The molecule has 0 radical (unpaired) electrons. The van der Waals surface area contributed by atoms with E-state index in [1.807, 2.05) is 61.5 Å². The molecule has 3 aliphatic heterocycles. The van der Waals surface area contributed by atoms with Gasteiger partial charge in [0, 0.05) is 31.0 Å². The molecule has 5 rings (SSSR count). The van der Waals surface area contributed by atoms with Gasteiger partial charge in [-0.3, -0.25) is 14.4 Å². The van der Waals surface area contributed by atoms with E-state index in [9.17, 15) is 19.5 Å². The van der Waals surface area contributed by atoms with Crippen molar-refractivity contribution < 1.29 is 24.2 Å². The molecule has 3 amide bonds. The van der Waals surface area contributed by atoms with Crippen LogP contribution in [0.3, 0.4) is 0 Å².